The highest BCUT2D eigenvalue weighted by atomic mass is 32.2. The quantitative estimate of drug-likeness (QED) is 0.654. The molecule has 2 unspecified atom stereocenters. The Bertz CT molecular complexity index is 1020. The van der Waals surface area contributed by atoms with Crippen LogP contribution < -0.4 is 9.47 Å². The Morgan fingerprint density at radius 2 is 1.68 bits per heavy atom. The first-order valence-electron chi connectivity index (χ1n) is 10.2. The SMILES string of the molecule is COc1ccc(S(=O)(=O)N2CC(C(=O)N(C)C(C)C)C(c3cccc(OC)c3)C2)cc1. The molecule has 3 rings (SSSR count). The van der Waals surface area contributed by atoms with E-state index in [0.717, 1.165) is 5.56 Å². The van der Waals surface area contributed by atoms with Gasteiger partial charge in [0, 0.05) is 32.1 Å². The molecule has 1 saturated heterocycles. The van der Waals surface area contributed by atoms with E-state index in [4.69, 9.17) is 9.47 Å². The summed E-state index contributed by atoms with van der Waals surface area (Å²) in [4.78, 5) is 15.1. The maximum Gasteiger partial charge on any atom is 0.243 e. The molecule has 0 spiro atoms. The third-order valence-electron chi connectivity index (χ3n) is 5.94. The van der Waals surface area contributed by atoms with Crippen molar-refractivity contribution in [2.24, 2.45) is 5.92 Å². The fourth-order valence-corrected chi connectivity index (χ4v) is 5.33. The average molecular weight is 447 g/mol. The molecule has 1 fully saturated rings. The number of hydrogen-bond acceptors (Lipinski definition) is 5. The van der Waals surface area contributed by atoms with Crippen molar-refractivity contribution in [2.45, 2.75) is 30.7 Å². The fourth-order valence-electron chi connectivity index (χ4n) is 3.84. The second-order valence-electron chi connectivity index (χ2n) is 8.03. The maximum absolute atomic E-state index is 13.3. The molecule has 0 radical (unpaired) electrons. The molecule has 2 atom stereocenters. The molecule has 2 aromatic rings. The van der Waals surface area contributed by atoms with Crippen molar-refractivity contribution in [2.75, 3.05) is 34.4 Å². The van der Waals surface area contributed by atoms with E-state index in [1.807, 2.05) is 38.1 Å². The van der Waals surface area contributed by atoms with Crippen LogP contribution in [0.15, 0.2) is 53.4 Å². The van der Waals surface area contributed by atoms with Crippen LogP contribution in [-0.2, 0) is 14.8 Å². The van der Waals surface area contributed by atoms with Gasteiger partial charge in [0.25, 0.3) is 0 Å². The molecule has 8 heteroatoms. The Balaban J connectivity index is 1.97. The van der Waals surface area contributed by atoms with Crippen molar-refractivity contribution in [3.05, 3.63) is 54.1 Å². The van der Waals surface area contributed by atoms with Crippen molar-refractivity contribution >= 4 is 15.9 Å². The number of nitrogens with zero attached hydrogens (tertiary/aromatic N) is 2. The number of methoxy groups -OCH3 is 2. The number of rotatable bonds is 7. The fraction of sp³-hybridized carbons (Fsp3) is 0.435. The minimum absolute atomic E-state index is 0.0192. The number of carbonyl (C=O) groups is 1. The molecule has 1 amide bonds. The normalized spacial score (nSPS) is 19.4. The average Bonchev–Trinajstić information content (AvgIpc) is 3.24. The van der Waals surface area contributed by atoms with Gasteiger partial charge < -0.3 is 14.4 Å². The van der Waals surface area contributed by atoms with Crippen molar-refractivity contribution in [3.8, 4) is 11.5 Å². The molecule has 1 heterocycles. The highest BCUT2D eigenvalue weighted by Crippen LogP contribution is 2.38. The third kappa shape index (κ3) is 4.70. The molecule has 0 aromatic heterocycles. The Kier molecular flexibility index (Phi) is 6.91. The highest BCUT2D eigenvalue weighted by Gasteiger charge is 2.44. The van der Waals surface area contributed by atoms with Crippen molar-refractivity contribution < 1.29 is 22.7 Å². The van der Waals surface area contributed by atoms with E-state index in [2.05, 4.69) is 0 Å². The summed E-state index contributed by atoms with van der Waals surface area (Å²) in [6.07, 6.45) is 0. The van der Waals surface area contributed by atoms with Gasteiger partial charge in [0.05, 0.1) is 25.0 Å². The van der Waals surface area contributed by atoms with Gasteiger partial charge in [0.15, 0.2) is 0 Å². The van der Waals surface area contributed by atoms with E-state index in [1.54, 1.807) is 31.2 Å². The maximum atomic E-state index is 13.3. The lowest BCUT2D eigenvalue weighted by Crippen LogP contribution is -2.40. The standard InChI is InChI=1S/C23H30N2O5S/c1-16(2)24(3)23(26)22-15-25(14-21(22)17-7-6-8-19(13-17)30-5)31(27,28)20-11-9-18(29-4)10-12-20/h6-13,16,21-22H,14-15H2,1-5H3. The summed E-state index contributed by atoms with van der Waals surface area (Å²) in [5.74, 6) is 0.457. The molecule has 0 N–H and O–H groups in total. The minimum Gasteiger partial charge on any atom is -0.497 e. The smallest absolute Gasteiger partial charge is 0.243 e. The molecule has 0 saturated carbocycles. The first-order chi connectivity index (χ1) is 14.7. The van der Waals surface area contributed by atoms with E-state index in [9.17, 15) is 13.2 Å². The lowest BCUT2D eigenvalue weighted by molar-refractivity contribution is -0.135. The summed E-state index contributed by atoms with van der Waals surface area (Å²) in [6, 6.07) is 13.8. The van der Waals surface area contributed by atoms with Crippen molar-refractivity contribution in [3.63, 3.8) is 0 Å². The van der Waals surface area contributed by atoms with E-state index in [1.165, 1.54) is 23.5 Å². The second kappa shape index (κ2) is 9.28. The van der Waals surface area contributed by atoms with E-state index >= 15 is 0 Å². The molecule has 2 aromatic carbocycles. The first-order valence-corrected chi connectivity index (χ1v) is 11.7. The topological polar surface area (TPSA) is 76.2 Å². The van der Waals surface area contributed by atoms with Crippen LogP contribution in [0.25, 0.3) is 0 Å². The molecule has 7 nitrogen and oxygen atoms in total. The van der Waals surface area contributed by atoms with Crippen LogP contribution in [0.1, 0.15) is 25.3 Å². The van der Waals surface area contributed by atoms with Gasteiger partial charge in [-0.3, -0.25) is 4.79 Å². The Labute approximate surface area is 184 Å². The van der Waals surface area contributed by atoms with Crippen LogP contribution in [0.3, 0.4) is 0 Å². The minimum atomic E-state index is -3.76. The number of hydrogen-bond donors (Lipinski definition) is 0. The monoisotopic (exact) mass is 446 g/mol. The van der Waals surface area contributed by atoms with Crippen LogP contribution in [0.5, 0.6) is 11.5 Å². The van der Waals surface area contributed by atoms with Gasteiger partial charge >= 0.3 is 0 Å². The van der Waals surface area contributed by atoms with Gasteiger partial charge in [0.1, 0.15) is 11.5 Å². The number of carbonyl (C=O) groups excluding carboxylic acids is 1. The van der Waals surface area contributed by atoms with Gasteiger partial charge in [-0.2, -0.15) is 4.31 Å². The summed E-state index contributed by atoms with van der Waals surface area (Å²) in [7, 11) is 1.12. The van der Waals surface area contributed by atoms with Gasteiger partial charge in [-0.1, -0.05) is 12.1 Å². The molecule has 0 bridgehead atoms. The predicted molar refractivity (Wildman–Crippen MR) is 119 cm³/mol. The molecule has 31 heavy (non-hydrogen) atoms. The summed E-state index contributed by atoms with van der Waals surface area (Å²) in [5, 5.41) is 0. The van der Waals surface area contributed by atoms with Crippen LogP contribution in [0.2, 0.25) is 0 Å². The largest absolute Gasteiger partial charge is 0.497 e. The van der Waals surface area contributed by atoms with Crippen LogP contribution in [0, 0.1) is 5.92 Å². The Morgan fingerprint density at radius 1 is 1.03 bits per heavy atom. The van der Waals surface area contributed by atoms with Crippen molar-refractivity contribution in [1.82, 2.24) is 9.21 Å². The van der Waals surface area contributed by atoms with Crippen LogP contribution in [0.4, 0.5) is 0 Å². The number of benzene rings is 2. The Morgan fingerprint density at radius 3 is 2.26 bits per heavy atom. The van der Waals surface area contributed by atoms with E-state index < -0.39 is 15.9 Å². The molecule has 0 aliphatic carbocycles. The van der Waals surface area contributed by atoms with Gasteiger partial charge in [-0.25, -0.2) is 8.42 Å². The lowest BCUT2D eigenvalue weighted by Gasteiger charge is -2.27. The molecular formula is C23H30N2O5S. The number of sulfonamides is 1. The first kappa shape index (κ1) is 23.1. The zero-order valence-electron chi connectivity index (χ0n) is 18.6. The number of amides is 1. The zero-order chi connectivity index (χ0) is 22.8. The van der Waals surface area contributed by atoms with Crippen molar-refractivity contribution in [1.29, 1.82) is 0 Å². The van der Waals surface area contributed by atoms with Crippen LogP contribution in [-0.4, -0.2) is 63.9 Å². The third-order valence-corrected chi connectivity index (χ3v) is 7.79. The molecule has 1 aliphatic heterocycles. The lowest BCUT2D eigenvalue weighted by atomic mass is 9.87. The predicted octanol–water partition coefficient (Wildman–Crippen LogP) is 2.97. The second-order valence-corrected chi connectivity index (χ2v) is 9.97. The molecular weight excluding hydrogens is 416 g/mol. The summed E-state index contributed by atoms with van der Waals surface area (Å²) < 4.78 is 38.6. The molecule has 1 aliphatic rings. The van der Waals surface area contributed by atoms with Crippen LogP contribution >= 0.6 is 0 Å². The Hall–Kier alpha value is -2.58. The number of ether oxygens (including phenoxy) is 2. The summed E-state index contributed by atoms with van der Waals surface area (Å²) in [5.41, 5.74) is 0.891. The van der Waals surface area contributed by atoms with Gasteiger partial charge in [-0.05, 0) is 55.8 Å². The highest BCUT2D eigenvalue weighted by molar-refractivity contribution is 7.89. The van der Waals surface area contributed by atoms with Gasteiger partial charge in [0.2, 0.25) is 15.9 Å². The zero-order valence-corrected chi connectivity index (χ0v) is 19.4. The van der Waals surface area contributed by atoms with Gasteiger partial charge in [-0.15, -0.1) is 0 Å². The summed E-state index contributed by atoms with van der Waals surface area (Å²) >= 11 is 0. The van der Waals surface area contributed by atoms with E-state index in [-0.39, 0.29) is 35.9 Å². The molecule has 168 valence electrons. The summed E-state index contributed by atoms with van der Waals surface area (Å²) in [6.45, 7) is 4.24. The van der Waals surface area contributed by atoms with E-state index in [0.29, 0.717) is 11.5 Å².